The maximum Gasteiger partial charge on any atom is 0.180 e. The number of rotatable bonds is 1. The number of hydrogen-bond acceptors (Lipinski definition) is 4. The number of nitrogens with two attached hydrogens (primary N) is 1. The van der Waals surface area contributed by atoms with Gasteiger partial charge in [-0.3, -0.25) is 0 Å². The molecule has 0 bridgehead atoms. The Kier molecular flexibility index (Phi) is 4.56. The van der Waals surface area contributed by atoms with Gasteiger partial charge >= 0.3 is 0 Å². The first-order chi connectivity index (χ1) is 7.34. The molecule has 0 saturated carbocycles. The summed E-state index contributed by atoms with van der Waals surface area (Å²) in [6.07, 6.45) is 8.45. The van der Waals surface area contributed by atoms with Gasteiger partial charge in [-0.25, -0.2) is 9.97 Å². The van der Waals surface area contributed by atoms with Crippen molar-refractivity contribution in [2.75, 3.05) is 18.0 Å². The van der Waals surface area contributed by atoms with Crippen LogP contribution in [0, 0.1) is 0 Å². The number of halogens is 2. The van der Waals surface area contributed by atoms with Crippen LogP contribution in [0.1, 0.15) is 6.42 Å². The van der Waals surface area contributed by atoms with Gasteiger partial charge < -0.3 is 15.0 Å². The number of aromatic nitrogens is 3. The molecule has 1 saturated heterocycles. The molecule has 0 aliphatic carbocycles. The molecule has 0 amide bonds. The third-order valence-corrected chi connectivity index (χ3v) is 2.82. The molecule has 3 heterocycles. The van der Waals surface area contributed by atoms with E-state index in [9.17, 15) is 0 Å². The lowest BCUT2D eigenvalue weighted by Crippen LogP contribution is -2.27. The van der Waals surface area contributed by atoms with Crippen molar-refractivity contribution >= 4 is 36.3 Å². The summed E-state index contributed by atoms with van der Waals surface area (Å²) in [7, 11) is 0. The maximum atomic E-state index is 5.89. The maximum absolute atomic E-state index is 5.89. The number of imidazole rings is 1. The largest absolute Gasteiger partial charge is 0.352 e. The van der Waals surface area contributed by atoms with Crippen LogP contribution in [0.25, 0.3) is 5.65 Å². The van der Waals surface area contributed by atoms with Crippen molar-refractivity contribution in [2.24, 2.45) is 5.73 Å². The average Bonchev–Trinajstić information content (AvgIpc) is 2.84. The van der Waals surface area contributed by atoms with Crippen molar-refractivity contribution < 1.29 is 0 Å². The minimum absolute atomic E-state index is 0. The Morgan fingerprint density at radius 1 is 1.18 bits per heavy atom. The van der Waals surface area contributed by atoms with E-state index in [-0.39, 0.29) is 30.9 Å². The third kappa shape index (κ3) is 2.46. The van der Waals surface area contributed by atoms with Crippen LogP contribution in [0.3, 0.4) is 0 Å². The van der Waals surface area contributed by atoms with Crippen LogP contribution in [-0.2, 0) is 0 Å². The zero-order valence-electron chi connectivity index (χ0n) is 9.19. The standard InChI is InChI=1S/C10H13N5.2ClH/c11-8-1-4-15(7-8)10-9-12-2-5-14(9)6-3-13-10;;/h2-3,5-6,8H,1,4,7,11H2;2*1H. The van der Waals surface area contributed by atoms with Crippen molar-refractivity contribution in [3.63, 3.8) is 0 Å². The minimum atomic E-state index is 0. The fraction of sp³-hybridized carbons (Fsp3) is 0.400. The Bertz CT molecular complexity index is 486. The lowest BCUT2D eigenvalue weighted by Gasteiger charge is -2.16. The van der Waals surface area contributed by atoms with E-state index < -0.39 is 0 Å². The number of fused-ring (bicyclic) bond motifs is 1. The summed E-state index contributed by atoms with van der Waals surface area (Å²) in [5.74, 6) is 0.940. The molecule has 1 fully saturated rings. The Balaban J connectivity index is 0.000000722. The van der Waals surface area contributed by atoms with Gasteiger partial charge in [-0.15, -0.1) is 24.8 Å². The average molecular weight is 276 g/mol. The predicted molar refractivity (Wildman–Crippen MR) is 72.3 cm³/mol. The van der Waals surface area contributed by atoms with E-state index in [1.54, 1.807) is 12.4 Å². The number of anilines is 1. The van der Waals surface area contributed by atoms with E-state index >= 15 is 0 Å². The first-order valence-corrected chi connectivity index (χ1v) is 5.13. The van der Waals surface area contributed by atoms with Gasteiger partial charge in [0.25, 0.3) is 0 Å². The molecule has 1 unspecified atom stereocenters. The second-order valence-corrected chi connectivity index (χ2v) is 3.90. The summed E-state index contributed by atoms with van der Waals surface area (Å²) in [4.78, 5) is 10.9. The molecule has 3 rings (SSSR count). The quantitative estimate of drug-likeness (QED) is 0.847. The lowest BCUT2D eigenvalue weighted by atomic mass is 10.3. The van der Waals surface area contributed by atoms with Gasteiger partial charge in [-0.2, -0.15) is 0 Å². The summed E-state index contributed by atoms with van der Waals surface area (Å²) < 4.78 is 1.98. The summed E-state index contributed by atoms with van der Waals surface area (Å²) in [6.45, 7) is 1.85. The van der Waals surface area contributed by atoms with Gasteiger partial charge in [0, 0.05) is 43.9 Å². The van der Waals surface area contributed by atoms with Crippen LogP contribution in [0.5, 0.6) is 0 Å². The zero-order valence-corrected chi connectivity index (χ0v) is 10.8. The van der Waals surface area contributed by atoms with Crippen molar-refractivity contribution in [1.82, 2.24) is 14.4 Å². The molecular formula is C10H15Cl2N5. The molecule has 7 heteroatoms. The molecular weight excluding hydrogens is 261 g/mol. The molecule has 94 valence electrons. The fourth-order valence-corrected chi connectivity index (χ4v) is 2.04. The van der Waals surface area contributed by atoms with Crippen LogP contribution in [0.2, 0.25) is 0 Å². The second kappa shape index (κ2) is 5.53. The highest BCUT2D eigenvalue weighted by Gasteiger charge is 2.22. The first-order valence-electron chi connectivity index (χ1n) is 5.13. The Morgan fingerprint density at radius 2 is 1.88 bits per heavy atom. The van der Waals surface area contributed by atoms with Crippen molar-refractivity contribution in [1.29, 1.82) is 0 Å². The molecule has 1 aliphatic rings. The van der Waals surface area contributed by atoms with Crippen molar-refractivity contribution in [3.8, 4) is 0 Å². The van der Waals surface area contributed by atoms with E-state index in [1.807, 2.05) is 16.8 Å². The van der Waals surface area contributed by atoms with E-state index in [0.717, 1.165) is 31.0 Å². The van der Waals surface area contributed by atoms with Crippen molar-refractivity contribution in [2.45, 2.75) is 12.5 Å². The topological polar surface area (TPSA) is 59.5 Å². The molecule has 0 spiro atoms. The molecule has 1 aliphatic heterocycles. The summed E-state index contributed by atoms with van der Waals surface area (Å²) in [5, 5.41) is 0. The lowest BCUT2D eigenvalue weighted by molar-refractivity contribution is 0.751. The molecule has 5 nitrogen and oxygen atoms in total. The number of nitrogens with zero attached hydrogens (tertiary/aromatic N) is 4. The van der Waals surface area contributed by atoms with Crippen LogP contribution < -0.4 is 10.6 Å². The van der Waals surface area contributed by atoms with Gasteiger partial charge in [0.05, 0.1) is 0 Å². The van der Waals surface area contributed by atoms with E-state index in [1.165, 1.54) is 0 Å². The summed E-state index contributed by atoms with van der Waals surface area (Å²) in [5.41, 5.74) is 6.79. The first kappa shape index (κ1) is 14.0. The smallest absolute Gasteiger partial charge is 0.180 e. The SMILES string of the molecule is Cl.Cl.NC1CCN(c2nccn3ccnc23)C1. The second-order valence-electron chi connectivity index (χ2n) is 3.90. The third-order valence-electron chi connectivity index (χ3n) is 2.82. The van der Waals surface area contributed by atoms with E-state index in [4.69, 9.17) is 5.73 Å². The molecule has 0 radical (unpaired) electrons. The molecule has 0 aromatic carbocycles. The fourth-order valence-electron chi connectivity index (χ4n) is 2.04. The Labute approximate surface area is 112 Å². The van der Waals surface area contributed by atoms with Crippen LogP contribution in [-0.4, -0.2) is 33.5 Å². The van der Waals surface area contributed by atoms with Crippen LogP contribution in [0.4, 0.5) is 5.82 Å². The molecule has 2 aromatic rings. The normalized spacial score (nSPS) is 18.9. The van der Waals surface area contributed by atoms with Gasteiger partial charge in [0.1, 0.15) is 0 Å². The zero-order chi connectivity index (χ0) is 10.3. The monoisotopic (exact) mass is 275 g/mol. The Morgan fingerprint density at radius 3 is 2.53 bits per heavy atom. The highest BCUT2D eigenvalue weighted by molar-refractivity contribution is 5.85. The van der Waals surface area contributed by atoms with E-state index in [0.29, 0.717) is 0 Å². The summed E-state index contributed by atoms with van der Waals surface area (Å²) in [6, 6.07) is 0.266. The Hall–Kier alpha value is -1.04. The number of hydrogen-bond donors (Lipinski definition) is 1. The van der Waals surface area contributed by atoms with Crippen molar-refractivity contribution in [3.05, 3.63) is 24.8 Å². The highest BCUT2D eigenvalue weighted by atomic mass is 35.5. The predicted octanol–water partition coefficient (Wildman–Crippen LogP) is 1.11. The molecule has 1 atom stereocenters. The minimum Gasteiger partial charge on any atom is -0.352 e. The van der Waals surface area contributed by atoms with E-state index in [2.05, 4.69) is 14.9 Å². The molecule has 2 aromatic heterocycles. The highest BCUT2D eigenvalue weighted by Crippen LogP contribution is 2.20. The molecule has 2 N–H and O–H groups in total. The van der Waals surface area contributed by atoms with Gasteiger partial charge in [0.2, 0.25) is 0 Å². The van der Waals surface area contributed by atoms with Gasteiger partial charge in [-0.1, -0.05) is 0 Å². The van der Waals surface area contributed by atoms with Crippen LogP contribution in [0.15, 0.2) is 24.8 Å². The van der Waals surface area contributed by atoms with Gasteiger partial charge in [-0.05, 0) is 6.42 Å². The van der Waals surface area contributed by atoms with Crippen LogP contribution >= 0.6 is 24.8 Å². The summed E-state index contributed by atoms with van der Waals surface area (Å²) >= 11 is 0. The molecule has 17 heavy (non-hydrogen) atoms. The van der Waals surface area contributed by atoms with Gasteiger partial charge in [0.15, 0.2) is 11.5 Å².